The fourth-order valence-electron chi connectivity index (χ4n) is 1.21. The van der Waals surface area contributed by atoms with E-state index in [0.717, 1.165) is 6.20 Å². The fraction of sp³-hybridized carbons (Fsp3) is 0.455. The molecule has 19 heavy (non-hydrogen) atoms. The molecule has 0 N–H and O–H groups in total. The van der Waals surface area contributed by atoms with Crippen molar-refractivity contribution in [2.45, 2.75) is 32.8 Å². The summed E-state index contributed by atoms with van der Waals surface area (Å²) in [7, 11) is 0. The SMILES string of the molecule is CC(C)(C)OC(=O)c1ncc(C(F)F)cc1[N+](=O)[O-]. The Balaban J connectivity index is 3.21. The molecule has 0 saturated heterocycles. The summed E-state index contributed by atoms with van der Waals surface area (Å²) in [4.78, 5) is 24.9. The van der Waals surface area contributed by atoms with E-state index in [1.54, 1.807) is 20.8 Å². The van der Waals surface area contributed by atoms with Crippen molar-refractivity contribution in [1.82, 2.24) is 4.98 Å². The topological polar surface area (TPSA) is 82.3 Å². The largest absolute Gasteiger partial charge is 0.455 e. The van der Waals surface area contributed by atoms with Crippen LogP contribution in [0.25, 0.3) is 0 Å². The maximum atomic E-state index is 12.4. The number of aromatic nitrogens is 1. The van der Waals surface area contributed by atoms with Crippen LogP contribution in [0, 0.1) is 10.1 Å². The molecule has 1 aromatic rings. The summed E-state index contributed by atoms with van der Waals surface area (Å²) in [6.07, 6.45) is -2.18. The molecule has 0 radical (unpaired) electrons. The summed E-state index contributed by atoms with van der Waals surface area (Å²) in [6.45, 7) is 4.72. The Bertz CT molecular complexity index is 512. The first kappa shape index (κ1) is 14.9. The molecule has 0 spiro atoms. The van der Waals surface area contributed by atoms with Gasteiger partial charge in [-0.15, -0.1) is 0 Å². The third kappa shape index (κ3) is 3.94. The third-order valence-corrected chi connectivity index (χ3v) is 1.93. The molecular formula is C11H12F2N2O4. The lowest BCUT2D eigenvalue weighted by Crippen LogP contribution is -2.25. The molecule has 104 valence electrons. The van der Waals surface area contributed by atoms with Crippen molar-refractivity contribution in [2.24, 2.45) is 0 Å². The number of pyridine rings is 1. The van der Waals surface area contributed by atoms with Gasteiger partial charge in [0.25, 0.3) is 6.43 Å². The Morgan fingerprint density at radius 3 is 2.47 bits per heavy atom. The van der Waals surface area contributed by atoms with E-state index in [1.807, 2.05) is 0 Å². The highest BCUT2D eigenvalue weighted by Crippen LogP contribution is 2.26. The van der Waals surface area contributed by atoms with E-state index in [-0.39, 0.29) is 0 Å². The molecular weight excluding hydrogens is 262 g/mol. The Morgan fingerprint density at radius 1 is 1.47 bits per heavy atom. The predicted octanol–water partition coefficient (Wildman–Crippen LogP) is 2.88. The number of halogens is 2. The number of carbonyl (C=O) groups excluding carboxylic acids is 1. The molecule has 0 fully saturated rings. The lowest BCUT2D eigenvalue weighted by molar-refractivity contribution is -0.385. The zero-order chi connectivity index (χ0) is 14.8. The zero-order valence-electron chi connectivity index (χ0n) is 10.5. The van der Waals surface area contributed by atoms with E-state index in [0.29, 0.717) is 6.07 Å². The Labute approximate surface area is 107 Å². The van der Waals surface area contributed by atoms with Crippen LogP contribution in [0.15, 0.2) is 12.3 Å². The molecule has 0 aliphatic rings. The standard InChI is InChI=1S/C11H12F2N2O4/c1-11(2,3)19-10(16)8-7(15(17)18)4-6(5-14-8)9(12)13/h4-5,9H,1-3H3. The van der Waals surface area contributed by atoms with Crippen molar-refractivity contribution < 1.29 is 23.2 Å². The van der Waals surface area contributed by atoms with Gasteiger partial charge in [0.1, 0.15) is 5.60 Å². The summed E-state index contributed by atoms with van der Waals surface area (Å²) in [5.74, 6) is -1.03. The Morgan fingerprint density at radius 2 is 2.05 bits per heavy atom. The van der Waals surface area contributed by atoms with Crippen molar-refractivity contribution in [2.75, 3.05) is 0 Å². The lowest BCUT2D eigenvalue weighted by atomic mass is 10.2. The molecule has 0 aliphatic carbocycles. The van der Waals surface area contributed by atoms with Crippen molar-refractivity contribution in [3.05, 3.63) is 33.6 Å². The molecule has 6 nitrogen and oxygen atoms in total. The minimum atomic E-state index is -2.90. The molecule has 0 aromatic carbocycles. The van der Waals surface area contributed by atoms with Gasteiger partial charge in [0.05, 0.1) is 4.92 Å². The summed E-state index contributed by atoms with van der Waals surface area (Å²) in [6, 6.07) is 0.622. The summed E-state index contributed by atoms with van der Waals surface area (Å²) in [5.41, 5.74) is -2.89. The van der Waals surface area contributed by atoms with Crippen molar-refractivity contribution in [3.8, 4) is 0 Å². The highest BCUT2D eigenvalue weighted by Gasteiger charge is 2.28. The number of nitro groups is 1. The second kappa shape index (κ2) is 5.25. The normalized spacial score (nSPS) is 11.5. The third-order valence-electron chi connectivity index (χ3n) is 1.93. The Hall–Kier alpha value is -2.12. The van der Waals surface area contributed by atoms with Crippen LogP contribution in [0.4, 0.5) is 14.5 Å². The molecule has 1 rings (SSSR count). The van der Waals surface area contributed by atoms with E-state index in [2.05, 4.69) is 4.98 Å². The van der Waals surface area contributed by atoms with Gasteiger partial charge in [0, 0.05) is 17.8 Å². The van der Waals surface area contributed by atoms with Gasteiger partial charge in [-0.1, -0.05) is 0 Å². The fourth-order valence-corrected chi connectivity index (χ4v) is 1.21. The molecule has 0 bridgehead atoms. The molecule has 1 aromatic heterocycles. The predicted molar refractivity (Wildman–Crippen MR) is 61.0 cm³/mol. The van der Waals surface area contributed by atoms with Gasteiger partial charge in [-0.3, -0.25) is 10.1 Å². The van der Waals surface area contributed by atoms with Gasteiger partial charge in [0.15, 0.2) is 0 Å². The van der Waals surface area contributed by atoms with Crippen LogP contribution in [-0.4, -0.2) is 21.5 Å². The lowest BCUT2D eigenvalue weighted by Gasteiger charge is -2.19. The molecule has 0 amide bonds. The minimum Gasteiger partial charge on any atom is -0.455 e. The van der Waals surface area contributed by atoms with E-state index in [9.17, 15) is 23.7 Å². The van der Waals surface area contributed by atoms with Gasteiger partial charge in [-0.05, 0) is 20.8 Å². The van der Waals surface area contributed by atoms with E-state index < -0.39 is 39.9 Å². The van der Waals surface area contributed by atoms with Crippen LogP contribution in [-0.2, 0) is 4.74 Å². The molecule has 0 aliphatic heterocycles. The van der Waals surface area contributed by atoms with Gasteiger partial charge < -0.3 is 4.74 Å². The first-order chi connectivity index (χ1) is 8.61. The summed E-state index contributed by atoms with van der Waals surface area (Å²) < 4.78 is 29.8. The van der Waals surface area contributed by atoms with Crippen LogP contribution in [0.2, 0.25) is 0 Å². The molecule has 0 unspecified atom stereocenters. The maximum Gasteiger partial charge on any atom is 0.364 e. The van der Waals surface area contributed by atoms with E-state index in [1.165, 1.54) is 0 Å². The number of hydrogen-bond donors (Lipinski definition) is 0. The van der Waals surface area contributed by atoms with Crippen molar-refractivity contribution in [3.63, 3.8) is 0 Å². The number of rotatable bonds is 3. The number of alkyl halides is 2. The summed E-state index contributed by atoms with van der Waals surface area (Å²) in [5, 5.41) is 10.8. The molecule has 0 saturated carbocycles. The van der Waals surface area contributed by atoms with Gasteiger partial charge >= 0.3 is 11.7 Å². The second-order valence-electron chi connectivity index (χ2n) is 4.70. The molecule has 1 heterocycles. The number of hydrogen-bond acceptors (Lipinski definition) is 5. The number of esters is 1. The van der Waals surface area contributed by atoms with E-state index >= 15 is 0 Å². The highest BCUT2D eigenvalue weighted by molar-refractivity contribution is 5.91. The van der Waals surface area contributed by atoms with Crippen LogP contribution >= 0.6 is 0 Å². The number of nitrogens with zero attached hydrogens (tertiary/aromatic N) is 2. The smallest absolute Gasteiger partial charge is 0.364 e. The first-order valence-electron chi connectivity index (χ1n) is 5.27. The van der Waals surface area contributed by atoms with Gasteiger partial charge in [0.2, 0.25) is 5.69 Å². The number of ether oxygens (including phenoxy) is 1. The van der Waals surface area contributed by atoms with E-state index in [4.69, 9.17) is 4.74 Å². The van der Waals surface area contributed by atoms with Crippen LogP contribution in [0.3, 0.4) is 0 Å². The average molecular weight is 274 g/mol. The van der Waals surface area contributed by atoms with Crippen LogP contribution in [0.5, 0.6) is 0 Å². The average Bonchev–Trinajstić information content (AvgIpc) is 2.25. The monoisotopic (exact) mass is 274 g/mol. The molecule has 0 atom stereocenters. The van der Waals surface area contributed by atoms with Crippen molar-refractivity contribution >= 4 is 11.7 Å². The molecule has 8 heteroatoms. The quantitative estimate of drug-likeness (QED) is 0.481. The zero-order valence-corrected chi connectivity index (χ0v) is 10.5. The second-order valence-corrected chi connectivity index (χ2v) is 4.70. The first-order valence-corrected chi connectivity index (χ1v) is 5.27. The highest BCUT2D eigenvalue weighted by atomic mass is 19.3. The Kier molecular flexibility index (Phi) is 4.13. The van der Waals surface area contributed by atoms with Crippen LogP contribution < -0.4 is 0 Å². The van der Waals surface area contributed by atoms with Gasteiger partial charge in [-0.2, -0.15) is 0 Å². The minimum absolute atomic E-state index is 0.593. The number of carbonyl (C=O) groups is 1. The van der Waals surface area contributed by atoms with Gasteiger partial charge in [-0.25, -0.2) is 18.6 Å². The maximum absolute atomic E-state index is 12.4. The summed E-state index contributed by atoms with van der Waals surface area (Å²) >= 11 is 0. The van der Waals surface area contributed by atoms with Crippen LogP contribution in [0.1, 0.15) is 43.2 Å². The van der Waals surface area contributed by atoms with Crippen molar-refractivity contribution in [1.29, 1.82) is 0 Å².